The molecule has 23 heavy (non-hydrogen) atoms. The number of nitrogens with zero attached hydrogens (tertiary/aromatic N) is 2. The molecule has 0 spiro atoms. The Morgan fingerprint density at radius 2 is 2.00 bits per heavy atom. The van der Waals surface area contributed by atoms with Crippen LogP contribution in [0.3, 0.4) is 0 Å². The Kier molecular flexibility index (Phi) is 6.39. The number of hydrogen-bond acceptors (Lipinski definition) is 3. The van der Waals surface area contributed by atoms with Crippen molar-refractivity contribution in [3.63, 3.8) is 0 Å². The van der Waals surface area contributed by atoms with E-state index in [0.717, 1.165) is 32.1 Å². The topological polar surface area (TPSA) is 39.7 Å². The SMILES string of the molecule is CN=C(NCc1cccc(N2CC=CC2)c1)NCC(C)(C)SC. The first kappa shape index (κ1) is 17.7. The summed E-state index contributed by atoms with van der Waals surface area (Å²) in [6, 6.07) is 8.69. The molecule has 126 valence electrons. The minimum absolute atomic E-state index is 0.195. The van der Waals surface area contributed by atoms with E-state index in [1.807, 2.05) is 18.8 Å². The Labute approximate surface area is 144 Å². The van der Waals surface area contributed by atoms with Gasteiger partial charge in [-0.25, -0.2) is 0 Å². The third kappa shape index (κ3) is 5.50. The molecule has 0 amide bonds. The zero-order valence-electron chi connectivity index (χ0n) is 14.6. The number of guanidine groups is 1. The van der Waals surface area contributed by atoms with Gasteiger partial charge in [-0.05, 0) is 37.8 Å². The van der Waals surface area contributed by atoms with Gasteiger partial charge in [-0.2, -0.15) is 11.8 Å². The van der Waals surface area contributed by atoms with E-state index in [1.165, 1.54) is 11.3 Å². The zero-order chi connectivity index (χ0) is 16.7. The molecule has 1 aliphatic heterocycles. The first-order valence-electron chi connectivity index (χ1n) is 8.02. The Bertz CT molecular complexity index is 558. The summed E-state index contributed by atoms with van der Waals surface area (Å²) in [5, 5.41) is 6.79. The second-order valence-corrected chi connectivity index (χ2v) is 7.80. The smallest absolute Gasteiger partial charge is 0.191 e. The molecule has 4 nitrogen and oxygen atoms in total. The lowest BCUT2D eigenvalue weighted by Gasteiger charge is -2.24. The third-order valence-electron chi connectivity index (χ3n) is 4.01. The summed E-state index contributed by atoms with van der Waals surface area (Å²) in [5.74, 6) is 0.848. The first-order valence-corrected chi connectivity index (χ1v) is 9.25. The summed E-state index contributed by atoms with van der Waals surface area (Å²) in [6.07, 6.45) is 6.56. The molecule has 1 aromatic carbocycles. The summed E-state index contributed by atoms with van der Waals surface area (Å²) < 4.78 is 0.195. The van der Waals surface area contributed by atoms with Gasteiger partial charge in [0.2, 0.25) is 0 Å². The van der Waals surface area contributed by atoms with Crippen molar-refractivity contribution >= 4 is 23.4 Å². The Morgan fingerprint density at radius 3 is 2.65 bits per heavy atom. The van der Waals surface area contributed by atoms with Crippen LogP contribution < -0.4 is 15.5 Å². The van der Waals surface area contributed by atoms with Crippen LogP contribution in [-0.2, 0) is 6.54 Å². The van der Waals surface area contributed by atoms with Crippen LogP contribution in [0.25, 0.3) is 0 Å². The average molecular weight is 333 g/mol. The molecule has 0 bridgehead atoms. The highest BCUT2D eigenvalue weighted by Gasteiger charge is 2.16. The van der Waals surface area contributed by atoms with Crippen molar-refractivity contribution in [2.45, 2.75) is 25.1 Å². The summed E-state index contributed by atoms with van der Waals surface area (Å²) in [6.45, 7) is 8.12. The maximum absolute atomic E-state index is 4.31. The predicted octanol–water partition coefficient (Wildman–Crippen LogP) is 2.87. The molecule has 0 unspecified atom stereocenters. The number of hydrogen-bond donors (Lipinski definition) is 2. The molecule has 2 rings (SSSR count). The van der Waals surface area contributed by atoms with Crippen LogP contribution >= 0.6 is 11.8 Å². The molecule has 5 heteroatoms. The highest BCUT2D eigenvalue weighted by atomic mass is 32.2. The quantitative estimate of drug-likeness (QED) is 0.477. The van der Waals surface area contributed by atoms with E-state index in [1.54, 1.807) is 0 Å². The first-order chi connectivity index (χ1) is 11.0. The number of thioether (sulfide) groups is 1. The van der Waals surface area contributed by atoms with E-state index in [-0.39, 0.29) is 4.75 Å². The minimum atomic E-state index is 0.195. The van der Waals surface area contributed by atoms with Crippen molar-refractivity contribution in [3.05, 3.63) is 42.0 Å². The lowest BCUT2D eigenvalue weighted by atomic mass is 10.2. The van der Waals surface area contributed by atoms with Crippen LogP contribution in [0, 0.1) is 0 Å². The van der Waals surface area contributed by atoms with Gasteiger partial charge in [-0.1, -0.05) is 24.3 Å². The minimum Gasteiger partial charge on any atom is -0.364 e. The molecule has 2 N–H and O–H groups in total. The fourth-order valence-corrected chi connectivity index (χ4v) is 2.54. The van der Waals surface area contributed by atoms with Gasteiger partial charge < -0.3 is 15.5 Å². The Hall–Kier alpha value is -1.62. The summed E-state index contributed by atoms with van der Waals surface area (Å²) in [5.41, 5.74) is 2.54. The summed E-state index contributed by atoms with van der Waals surface area (Å²) >= 11 is 1.85. The molecule has 0 radical (unpaired) electrons. The van der Waals surface area contributed by atoms with Crippen LogP contribution in [-0.4, -0.2) is 43.6 Å². The fourth-order valence-electron chi connectivity index (χ4n) is 2.33. The maximum Gasteiger partial charge on any atom is 0.191 e. The molecule has 0 saturated carbocycles. The highest BCUT2D eigenvalue weighted by molar-refractivity contribution is 7.99. The van der Waals surface area contributed by atoms with E-state index < -0.39 is 0 Å². The number of rotatable bonds is 6. The summed E-state index contributed by atoms with van der Waals surface area (Å²) in [7, 11) is 1.81. The Balaban J connectivity index is 1.87. The lowest BCUT2D eigenvalue weighted by Crippen LogP contribution is -2.43. The third-order valence-corrected chi connectivity index (χ3v) is 5.26. The van der Waals surface area contributed by atoms with Crippen LogP contribution in [0.1, 0.15) is 19.4 Å². The van der Waals surface area contributed by atoms with Crippen molar-refractivity contribution in [1.82, 2.24) is 10.6 Å². The molecule has 0 fully saturated rings. The number of benzene rings is 1. The van der Waals surface area contributed by atoms with Gasteiger partial charge in [0.25, 0.3) is 0 Å². The zero-order valence-corrected chi connectivity index (χ0v) is 15.4. The fraction of sp³-hybridized carbons (Fsp3) is 0.500. The van der Waals surface area contributed by atoms with E-state index in [9.17, 15) is 0 Å². The molecule has 1 heterocycles. The van der Waals surface area contributed by atoms with Crippen LogP contribution in [0.4, 0.5) is 5.69 Å². The predicted molar refractivity (Wildman–Crippen MR) is 104 cm³/mol. The molecular weight excluding hydrogens is 304 g/mol. The lowest BCUT2D eigenvalue weighted by molar-refractivity contribution is 0.664. The van der Waals surface area contributed by atoms with E-state index in [2.05, 4.69) is 77.0 Å². The monoisotopic (exact) mass is 332 g/mol. The molecular formula is C18H28N4S. The second kappa shape index (κ2) is 8.29. The van der Waals surface area contributed by atoms with Gasteiger partial charge in [-0.15, -0.1) is 0 Å². The van der Waals surface area contributed by atoms with Crippen LogP contribution in [0.5, 0.6) is 0 Å². The van der Waals surface area contributed by atoms with Gasteiger partial charge in [0.15, 0.2) is 5.96 Å². The van der Waals surface area contributed by atoms with Crippen molar-refractivity contribution in [2.24, 2.45) is 4.99 Å². The van der Waals surface area contributed by atoms with Crippen molar-refractivity contribution in [1.29, 1.82) is 0 Å². The molecule has 0 atom stereocenters. The molecule has 0 aliphatic carbocycles. The number of aliphatic imine (C=N–C) groups is 1. The highest BCUT2D eigenvalue weighted by Crippen LogP contribution is 2.20. The standard InChI is InChI=1S/C18H28N4S/c1-18(2,23-4)14-21-17(19-3)20-13-15-8-7-9-16(12-15)22-10-5-6-11-22/h5-9,12H,10-11,13-14H2,1-4H3,(H2,19,20,21). The number of nitrogens with one attached hydrogen (secondary N) is 2. The van der Waals surface area contributed by atoms with E-state index in [4.69, 9.17) is 0 Å². The normalized spacial score (nSPS) is 15.1. The maximum atomic E-state index is 4.31. The van der Waals surface area contributed by atoms with Gasteiger partial charge >= 0.3 is 0 Å². The van der Waals surface area contributed by atoms with Gasteiger partial charge in [-0.3, -0.25) is 4.99 Å². The number of anilines is 1. The van der Waals surface area contributed by atoms with Crippen molar-refractivity contribution in [3.8, 4) is 0 Å². The Morgan fingerprint density at radius 1 is 1.26 bits per heavy atom. The molecule has 1 aromatic rings. The van der Waals surface area contributed by atoms with Gasteiger partial charge in [0, 0.05) is 43.7 Å². The van der Waals surface area contributed by atoms with E-state index in [0.29, 0.717) is 0 Å². The van der Waals surface area contributed by atoms with Gasteiger partial charge in [0.1, 0.15) is 0 Å². The largest absolute Gasteiger partial charge is 0.364 e. The van der Waals surface area contributed by atoms with Crippen LogP contribution in [0.15, 0.2) is 41.4 Å². The summed E-state index contributed by atoms with van der Waals surface area (Å²) in [4.78, 5) is 6.66. The van der Waals surface area contributed by atoms with Gasteiger partial charge in [0.05, 0.1) is 0 Å². The van der Waals surface area contributed by atoms with Crippen LogP contribution in [0.2, 0.25) is 0 Å². The van der Waals surface area contributed by atoms with Crippen molar-refractivity contribution < 1.29 is 0 Å². The van der Waals surface area contributed by atoms with E-state index >= 15 is 0 Å². The average Bonchev–Trinajstić information content (AvgIpc) is 3.10. The molecule has 0 saturated heterocycles. The van der Waals surface area contributed by atoms with Crippen molar-refractivity contribution in [2.75, 3.05) is 37.8 Å². The second-order valence-electron chi connectivity index (χ2n) is 6.29. The molecule has 1 aliphatic rings. The molecule has 0 aromatic heterocycles.